The summed E-state index contributed by atoms with van der Waals surface area (Å²) in [6.07, 6.45) is -5.76. The van der Waals surface area contributed by atoms with Gasteiger partial charge in [-0.3, -0.25) is 38.4 Å². The highest BCUT2D eigenvalue weighted by atomic mass is 16.8. The Morgan fingerprint density at radius 1 is 0.556 bits per heavy atom. The second-order valence-corrected chi connectivity index (χ2v) is 24.8. The van der Waals surface area contributed by atoms with Crippen molar-refractivity contribution in [3.05, 3.63) is 12.2 Å². The van der Waals surface area contributed by atoms with Gasteiger partial charge in [0.2, 0.25) is 0 Å². The van der Waals surface area contributed by atoms with Crippen LogP contribution in [0.4, 0.5) is 0 Å². The Kier molecular flexibility index (Phi) is 23.5. The summed E-state index contributed by atoms with van der Waals surface area (Å²) in [6.45, 7) is 27.2. The van der Waals surface area contributed by atoms with Crippen LogP contribution in [0.25, 0.3) is 0 Å². The van der Waals surface area contributed by atoms with E-state index in [1.807, 2.05) is 0 Å². The first-order valence-corrected chi connectivity index (χ1v) is 28.1. The van der Waals surface area contributed by atoms with Gasteiger partial charge in [-0.15, -0.1) is 0 Å². The van der Waals surface area contributed by atoms with E-state index in [4.69, 9.17) is 72.3 Å². The Balaban J connectivity index is 0.00000107. The SMILES string of the molecule is C=C(C)[C@@H]1CC[C@]2(CO[C@@H]3[C@@H](O)[C@H](O)O[C@H](CO)[C@@H]3OC3OC(COC(C)=O)C(OC(C)=O)C(OC(C)=O)C3OC(C)=O)CC[C@]3(C)[C@H](CC[C@@H]4[C@@]5(C)C(OC(C)=O)CCC(C)(C)[C@@H]5CC[C@]43C)[C@@H]12.CC(=O)O.CC(=O)O.CC(=O)O. The number of fused-ring (bicyclic) bond motifs is 7. The Labute approximate surface area is 475 Å². The molecule has 23 heteroatoms. The van der Waals surface area contributed by atoms with Crippen LogP contribution in [-0.2, 0) is 81.0 Å². The molecule has 23 nitrogen and oxygen atoms in total. The van der Waals surface area contributed by atoms with Gasteiger partial charge < -0.3 is 73.3 Å². The third kappa shape index (κ3) is 15.5. The molecule has 0 bridgehead atoms. The number of hydrogen-bond acceptors (Lipinski definition) is 20. The molecular formula is C58H92O23. The zero-order chi connectivity index (χ0) is 61.5. The average Bonchev–Trinajstić information content (AvgIpc) is 3.71. The monoisotopic (exact) mass is 1160 g/mol. The normalized spacial score (nSPS) is 39.7. The summed E-state index contributed by atoms with van der Waals surface area (Å²) in [5.41, 5.74) is 0.540. The van der Waals surface area contributed by atoms with Gasteiger partial charge in [-0.25, -0.2) is 0 Å². The number of carboxylic acid groups (broad SMARTS) is 3. The molecule has 0 aromatic rings. The number of carbonyl (C=O) groups excluding carboxylic acids is 5. The lowest BCUT2D eigenvalue weighted by Gasteiger charge is -2.73. The lowest BCUT2D eigenvalue weighted by Crippen LogP contribution is -2.68. The molecule has 2 saturated heterocycles. The average molecular weight is 1160 g/mol. The summed E-state index contributed by atoms with van der Waals surface area (Å²) in [7, 11) is 0. The number of ether oxygens (including phenoxy) is 9. The van der Waals surface area contributed by atoms with Crippen LogP contribution < -0.4 is 0 Å². The first-order chi connectivity index (χ1) is 37.4. The Morgan fingerprint density at radius 3 is 1.62 bits per heavy atom. The lowest BCUT2D eigenvalue weighted by atomic mass is 9.32. The third-order valence-corrected chi connectivity index (χ3v) is 19.0. The van der Waals surface area contributed by atoms with E-state index in [9.17, 15) is 39.3 Å². The minimum atomic E-state index is -1.79. The highest BCUT2D eigenvalue weighted by Crippen LogP contribution is 2.78. The fourth-order valence-corrected chi connectivity index (χ4v) is 16.0. The van der Waals surface area contributed by atoms with Crippen LogP contribution in [-0.4, -0.2) is 166 Å². The second kappa shape index (κ2) is 27.7. The number of carboxylic acids is 3. The number of allylic oxidation sites excluding steroid dienone is 1. The van der Waals surface area contributed by atoms with Crippen molar-refractivity contribution in [1.29, 1.82) is 0 Å². The summed E-state index contributed by atoms with van der Waals surface area (Å²) in [6, 6.07) is 0. The molecule has 5 saturated carbocycles. The van der Waals surface area contributed by atoms with Crippen LogP contribution >= 0.6 is 0 Å². The molecule has 81 heavy (non-hydrogen) atoms. The molecule has 462 valence electrons. The number of hydrogen-bond donors (Lipinski definition) is 6. The predicted molar refractivity (Wildman–Crippen MR) is 285 cm³/mol. The van der Waals surface area contributed by atoms with Gasteiger partial charge in [0.05, 0.1) is 13.2 Å². The van der Waals surface area contributed by atoms with Gasteiger partial charge in [0.15, 0.2) is 30.9 Å². The van der Waals surface area contributed by atoms with Gasteiger partial charge in [-0.2, -0.15) is 0 Å². The Hall–Kier alpha value is -4.78. The van der Waals surface area contributed by atoms with E-state index in [2.05, 4.69) is 48.1 Å². The zero-order valence-electron chi connectivity index (χ0n) is 49.8. The molecule has 0 aromatic heterocycles. The summed E-state index contributed by atoms with van der Waals surface area (Å²) in [5, 5.41) is 55.9. The fourth-order valence-electron chi connectivity index (χ4n) is 16.0. The van der Waals surface area contributed by atoms with E-state index >= 15 is 0 Å². The number of rotatable bonds is 13. The van der Waals surface area contributed by atoms with Crippen LogP contribution in [0.3, 0.4) is 0 Å². The van der Waals surface area contributed by atoms with Gasteiger partial charge >= 0.3 is 29.8 Å². The summed E-state index contributed by atoms with van der Waals surface area (Å²) in [4.78, 5) is 89.3. The van der Waals surface area contributed by atoms with Crippen molar-refractivity contribution in [2.45, 2.75) is 229 Å². The van der Waals surface area contributed by atoms with Crippen molar-refractivity contribution in [2.24, 2.45) is 56.7 Å². The molecule has 7 rings (SSSR count). The van der Waals surface area contributed by atoms with Gasteiger partial charge in [-0.05, 0) is 122 Å². The largest absolute Gasteiger partial charge is 0.481 e. The molecule has 2 aliphatic heterocycles. The minimum Gasteiger partial charge on any atom is -0.481 e. The molecule has 7 fully saturated rings. The molecule has 2 heterocycles. The third-order valence-electron chi connectivity index (χ3n) is 19.0. The van der Waals surface area contributed by atoms with Crippen LogP contribution in [0.2, 0.25) is 0 Å². The minimum absolute atomic E-state index is 0.0548. The van der Waals surface area contributed by atoms with Gasteiger partial charge in [0.25, 0.3) is 17.9 Å². The zero-order valence-corrected chi connectivity index (χ0v) is 49.8. The molecule has 0 spiro atoms. The molecule has 0 amide bonds. The second-order valence-electron chi connectivity index (χ2n) is 24.8. The topological polar surface area (TPSA) is 341 Å². The number of aliphatic carboxylic acids is 3. The van der Waals surface area contributed by atoms with Crippen molar-refractivity contribution < 1.29 is 112 Å². The number of aliphatic hydroxyl groups is 3. The van der Waals surface area contributed by atoms with E-state index in [-0.39, 0.29) is 57.6 Å². The van der Waals surface area contributed by atoms with Crippen molar-refractivity contribution in [3.63, 3.8) is 0 Å². The molecular weight excluding hydrogens is 1060 g/mol. The van der Waals surface area contributed by atoms with Gasteiger partial charge in [0.1, 0.15) is 43.2 Å². The van der Waals surface area contributed by atoms with Crippen LogP contribution in [0.15, 0.2) is 12.2 Å². The Morgan fingerprint density at radius 2 is 1.10 bits per heavy atom. The summed E-state index contributed by atoms with van der Waals surface area (Å²) < 4.78 is 53.8. The van der Waals surface area contributed by atoms with Gasteiger partial charge in [0, 0.05) is 60.8 Å². The maximum atomic E-state index is 12.7. The van der Waals surface area contributed by atoms with E-state index in [0.29, 0.717) is 17.8 Å². The number of esters is 5. The highest BCUT2D eigenvalue weighted by molar-refractivity contribution is 5.69. The Bertz CT molecular complexity index is 2230. The maximum Gasteiger partial charge on any atom is 0.303 e. The van der Waals surface area contributed by atoms with Crippen molar-refractivity contribution in [1.82, 2.24) is 0 Å². The maximum absolute atomic E-state index is 12.7. The summed E-state index contributed by atoms with van der Waals surface area (Å²) >= 11 is 0. The quantitative estimate of drug-likeness (QED) is 0.0724. The predicted octanol–water partition coefficient (Wildman–Crippen LogP) is 5.77. The van der Waals surface area contributed by atoms with Crippen LogP contribution in [0, 0.1) is 56.7 Å². The first kappa shape index (κ1) is 68.7. The molecule has 6 unspecified atom stereocenters. The number of carbonyl (C=O) groups is 8. The van der Waals surface area contributed by atoms with E-state index in [1.54, 1.807) is 0 Å². The van der Waals surface area contributed by atoms with Crippen LogP contribution in [0.5, 0.6) is 0 Å². The van der Waals surface area contributed by atoms with Crippen LogP contribution in [0.1, 0.15) is 161 Å². The van der Waals surface area contributed by atoms with Gasteiger partial charge in [-0.1, -0.05) is 46.8 Å². The van der Waals surface area contributed by atoms with E-state index in [0.717, 1.165) is 118 Å². The van der Waals surface area contributed by atoms with E-state index in [1.165, 1.54) is 6.92 Å². The molecule has 5 aliphatic carbocycles. The smallest absolute Gasteiger partial charge is 0.303 e. The van der Waals surface area contributed by atoms with Crippen molar-refractivity contribution in [2.75, 3.05) is 19.8 Å². The molecule has 0 aromatic carbocycles. The molecule has 20 atom stereocenters. The molecule has 0 radical (unpaired) electrons. The highest BCUT2D eigenvalue weighted by Gasteiger charge is 2.72. The number of aliphatic hydroxyl groups excluding tert-OH is 3. The summed E-state index contributed by atoms with van der Waals surface area (Å²) in [5.74, 6) is -4.46. The molecule has 7 aliphatic rings. The lowest BCUT2D eigenvalue weighted by molar-refractivity contribution is -0.361. The fraction of sp³-hybridized carbons (Fsp3) is 0.828. The first-order valence-electron chi connectivity index (χ1n) is 28.1. The van der Waals surface area contributed by atoms with E-state index < -0.39 is 116 Å². The molecule has 6 N–H and O–H groups in total. The van der Waals surface area contributed by atoms with Crippen molar-refractivity contribution >= 4 is 47.8 Å². The standard InChI is InChI=1S/C52H80O17.3C2H4O2/c1-26(2)32-15-20-52(22-21-49(10)33(39(32)52)13-14-37-50(49,11)19-16-36-48(8,9)18-17-38(51(36,37)12)63-28(4)55)25-62-43-40(59)46(60)67-34(23-53)41(43)69-47-45(66-31(7)58)44(65-30(6)57)42(64-29(5)56)35(68-47)24-61-27(3)54;3*1-2(3)4/h32-47,53,59-60H,1,13-25H2,2-12H3;3*1H3,(H,3,4)/t32-,33+,34+,35?,36-,37-,38?,39+,40+,41-,42?,43+,44?,45?,46+,47?,49+,50+,51-,52+;;;/m0.../s1. The van der Waals surface area contributed by atoms with Crippen molar-refractivity contribution in [3.8, 4) is 0 Å².